The van der Waals surface area contributed by atoms with E-state index in [0.717, 1.165) is 16.5 Å². The summed E-state index contributed by atoms with van der Waals surface area (Å²) in [5, 5.41) is 5.21. The standard InChI is InChI=1S/C17H13N5O2/c1-22-7-6-13(21-22)16-12(11-3-4-14(23)18-9-11)8-10-2-5-15(24)19-17(10)20-16/h2-9H,1H3,(H,18,23)(H,19,20,24). The van der Waals surface area contributed by atoms with Crippen molar-refractivity contribution in [1.29, 1.82) is 0 Å². The molecule has 4 rings (SSSR count). The van der Waals surface area contributed by atoms with Gasteiger partial charge in [-0.05, 0) is 24.3 Å². The number of nitrogens with one attached hydrogen (secondary N) is 2. The molecule has 2 N–H and O–H groups in total. The van der Waals surface area contributed by atoms with Crippen molar-refractivity contribution in [3.63, 3.8) is 0 Å². The second kappa shape index (κ2) is 5.31. The van der Waals surface area contributed by atoms with Gasteiger partial charge in [0, 0.05) is 48.1 Å². The van der Waals surface area contributed by atoms with Crippen molar-refractivity contribution in [2.75, 3.05) is 0 Å². The summed E-state index contributed by atoms with van der Waals surface area (Å²) in [6.07, 6.45) is 3.47. The molecule has 0 bridgehead atoms. The Kier molecular flexibility index (Phi) is 3.13. The summed E-state index contributed by atoms with van der Waals surface area (Å²) < 4.78 is 1.69. The van der Waals surface area contributed by atoms with E-state index < -0.39 is 0 Å². The Morgan fingerprint density at radius 2 is 1.88 bits per heavy atom. The maximum absolute atomic E-state index is 11.6. The highest BCUT2D eigenvalue weighted by atomic mass is 16.1. The topological polar surface area (TPSA) is 96.4 Å². The van der Waals surface area contributed by atoms with Crippen molar-refractivity contribution in [2.45, 2.75) is 0 Å². The summed E-state index contributed by atoms with van der Waals surface area (Å²) in [4.78, 5) is 32.9. The number of nitrogens with zero attached hydrogens (tertiary/aromatic N) is 3. The average molecular weight is 319 g/mol. The molecule has 0 aromatic carbocycles. The van der Waals surface area contributed by atoms with Gasteiger partial charge in [-0.1, -0.05) is 0 Å². The lowest BCUT2D eigenvalue weighted by molar-refractivity contribution is 0.770. The molecule has 0 saturated carbocycles. The zero-order chi connectivity index (χ0) is 16.7. The molecule has 4 aromatic heterocycles. The van der Waals surface area contributed by atoms with Crippen LogP contribution in [0.25, 0.3) is 33.5 Å². The maximum Gasteiger partial charge on any atom is 0.249 e. The van der Waals surface area contributed by atoms with Gasteiger partial charge in [-0.25, -0.2) is 4.98 Å². The van der Waals surface area contributed by atoms with Crippen LogP contribution in [0.5, 0.6) is 0 Å². The Morgan fingerprint density at radius 3 is 2.58 bits per heavy atom. The van der Waals surface area contributed by atoms with Crippen LogP contribution in [-0.2, 0) is 7.05 Å². The number of aromatic amines is 2. The van der Waals surface area contributed by atoms with Gasteiger partial charge < -0.3 is 9.97 Å². The zero-order valence-electron chi connectivity index (χ0n) is 12.8. The van der Waals surface area contributed by atoms with E-state index in [2.05, 4.69) is 20.1 Å². The first-order valence-electron chi connectivity index (χ1n) is 7.33. The molecule has 0 aliphatic heterocycles. The summed E-state index contributed by atoms with van der Waals surface area (Å²) in [7, 11) is 1.83. The van der Waals surface area contributed by atoms with Crippen molar-refractivity contribution < 1.29 is 0 Å². The van der Waals surface area contributed by atoms with Crippen LogP contribution in [0.4, 0.5) is 0 Å². The van der Waals surface area contributed by atoms with Crippen molar-refractivity contribution >= 4 is 11.0 Å². The first kappa shape index (κ1) is 14.1. The number of pyridine rings is 3. The van der Waals surface area contributed by atoms with Crippen LogP contribution < -0.4 is 11.1 Å². The van der Waals surface area contributed by atoms with Crippen molar-refractivity contribution in [3.8, 4) is 22.5 Å². The smallest absolute Gasteiger partial charge is 0.249 e. The van der Waals surface area contributed by atoms with Crippen molar-refractivity contribution in [1.82, 2.24) is 24.7 Å². The molecule has 0 radical (unpaired) electrons. The van der Waals surface area contributed by atoms with Crippen molar-refractivity contribution in [3.05, 3.63) is 69.5 Å². The number of H-pyrrole nitrogens is 2. The van der Waals surface area contributed by atoms with Gasteiger partial charge in [0.15, 0.2) is 0 Å². The molecule has 0 amide bonds. The van der Waals surface area contributed by atoms with Crippen LogP contribution >= 0.6 is 0 Å². The molecule has 0 aliphatic rings. The third kappa shape index (κ3) is 2.41. The van der Waals surface area contributed by atoms with Crippen LogP contribution in [0, 0.1) is 0 Å². The SMILES string of the molecule is Cn1ccc(-c2nc3[nH]c(=O)ccc3cc2-c2ccc(=O)[nH]c2)n1. The van der Waals surface area contributed by atoms with E-state index >= 15 is 0 Å². The van der Waals surface area contributed by atoms with Crippen molar-refractivity contribution in [2.24, 2.45) is 7.05 Å². The summed E-state index contributed by atoms with van der Waals surface area (Å²) in [5.41, 5.74) is 3.08. The molecule has 0 aliphatic carbocycles. The number of hydrogen-bond donors (Lipinski definition) is 2. The minimum atomic E-state index is -0.209. The Balaban J connectivity index is 2.05. The molecule has 0 atom stereocenters. The van der Waals surface area contributed by atoms with Crippen LogP contribution in [0.15, 0.2) is 58.4 Å². The van der Waals surface area contributed by atoms with Gasteiger partial charge >= 0.3 is 0 Å². The normalized spacial score (nSPS) is 11.0. The molecule has 0 unspecified atom stereocenters. The molecule has 0 spiro atoms. The van der Waals surface area contributed by atoms with E-state index in [1.54, 1.807) is 23.0 Å². The average Bonchev–Trinajstić information content (AvgIpc) is 3.01. The number of hydrogen-bond acceptors (Lipinski definition) is 4. The van der Waals surface area contributed by atoms with Gasteiger partial charge in [0.1, 0.15) is 17.0 Å². The monoisotopic (exact) mass is 319 g/mol. The maximum atomic E-state index is 11.6. The highest BCUT2D eigenvalue weighted by Crippen LogP contribution is 2.31. The predicted molar refractivity (Wildman–Crippen MR) is 90.6 cm³/mol. The highest BCUT2D eigenvalue weighted by Gasteiger charge is 2.14. The van der Waals surface area contributed by atoms with E-state index in [9.17, 15) is 9.59 Å². The van der Waals surface area contributed by atoms with Crippen LogP contribution in [0.3, 0.4) is 0 Å². The molecule has 4 aromatic rings. The third-order valence-electron chi connectivity index (χ3n) is 3.76. The Hall–Kier alpha value is -3.48. The second-order valence-electron chi connectivity index (χ2n) is 5.46. The van der Waals surface area contributed by atoms with Gasteiger partial charge in [0.25, 0.3) is 0 Å². The first-order valence-corrected chi connectivity index (χ1v) is 7.33. The van der Waals surface area contributed by atoms with E-state index in [-0.39, 0.29) is 11.1 Å². The van der Waals surface area contributed by atoms with Crippen LogP contribution in [0.1, 0.15) is 0 Å². The largest absolute Gasteiger partial charge is 0.328 e. The molecule has 4 heterocycles. The van der Waals surface area contributed by atoms with E-state index in [1.807, 2.05) is 25.4 Å². The lowest BCUT2D eigenvalue weighted by atomic mass is 10.0. The summed E-state index contributed by atoms with van der Waals surface area (Å²) in [6.45, 7) is 0. The highest BCUT2D eigenvalue weighted by molar-refractivity contribution is 5.88. The molecular formula is C17H13N5O2. The summed E-state index contributed by atoms with van der Waals surface area (Å²) in [6, 6.07) is 10.2. The first-order chi connectivity index (χ1) is 11.6. The molecule has 0 saturated heterocycles. The summed E-state index contributed by atoms with van der Waals surface area (Å²) in [5.74, 6) is 0. The van der Waals surface area contributed by atoms with E-state index in [0.29, 0.717) is 17.0 Å². The fourth-order valence-electron chi connectivity index (χ4n) is 2.61. The number of rotatable bonds is 2. The zero-order valence-corrected chi connectivity index (χ0v) is 12.8. The van der Waals surface area contributed by atoms with Gasteiger partial charge in [-0.3, -0.25) is 14.3 Å². The fraction of sp³-hybridized carbons (Fsp3) is 0.0588. The summed E-state index contributed by atoms with van der Waals surface area (Å²) >= 11 is 0. The Labute approximate surface area is 135 Å². The molecule has 7 nitrogen and oxygen atoms in total. The van der Waals surface area contributed by atoms with Crippen LogP contribution in [-0.4, -0.2) is 24.7 Å². The van der Waals surface area contributed by atoms with Crippen LogP contribution in [0.2, 0.25) is 0 Å². The molecule has 24 heavy (non-hydrogen) atoms. The van der Waals surface area contributed by atoms with Gasteiger partial charge in [-0.2, -0.15) is 5.10 Å². The number of fused-ring (bicyclic) bond motifs is 1. The second-order valence-corrected chi connectivity index (χ2v) is 5.46. The molecule has 7 heteroatoms. The van der Waals surface area contributed by atoms with Gasteiger partial charge in [0.2, 0.25) is 11.1 Å². The minimum Gasteiger partial charge on any atom is -0.328 e. The van der Waals surface area contributed by atoms with E-state index in [4.69, 9.17) is 0 Å². The quantitative estimate of drug-likeness (QED) is 0.587. The number of aromatic nitrogens is 5. The van der Waals surface area contributed by atoms with E-state index in [1.165, 1.54) is 12.1 Å². The van der Waals surface area contributed by atoms with Gasteiger partial charge in [-0.15, -0.1) is 0 Å². The molecule has 118 valence electrons. The molecular weight excluding hydrogens is 306 g/mol. The predicted octanol–water partition coefficient (Wildman–Crippen LogP) is 1.68. The fourth-order valence-corrected chi connectivity index (χ4v) is 2.61. The molecule has 0 fully saturated rings. The lowest BCUT2D eigenvalue weighted by Crippen LogP contribution is -2.05. The van der Waals surface area contributed by atoms with Gasteiger partial charge in [0.05, 0.1) is 0 Å². The third-order valence-corrected chi connectivity index (χ3v) is 3.76. The number of aryl methyl sites for hydroxylation is 1. The minimum absolute atomic E-state index is 0.170. The Bertz CT molecular complexity index is 1150. The lowest BCUT2D eigenvalue weighted by Gasteiger charge is -2.09. The Morgan fingerprint density at radius 1 is 1.04 bits per heavy atom.